The Balaban J connectivity index is 1.76. The van der Waals surface area contributed by atoms with Crippen molar-refractivity contribution in [2.75, 3.05) is 0 Å². The average molecular weight is 286 g/mol. The minimum absolute atomic E-state index is 0.791. The molecule has 0 aliphatic rings. The maximum atomic E-state index is 5.40. The highest BCUT2D eigenvalue weighted by atomic mass is 32.1. The fraction of sp³-hybridized carbons (Fsp3) is 0.333. The topological polar surface area (TPSA) is 38.5 Å². The summed E-state index contributed by atoms with van der Waals surface area (Å²) in [4.78, 5) is 3.25. The maximum Gasteiger partial charge on any atom is 0.178 e. The van der Waals surface area contributed by atoms with Crippen LogP contribution in [0.15, 0.2) is 30.3 Å². The van der Waals surface area contributed by atoms with Crippen LogP contribution in [-0.4, -0.2) is 19.3 Å². The van der Waals surface area contributed by atoms with Crippen LogP contribution in [0.3, 0.4) is 0 Å². The first-order valence-electron chi connectivity index (χ1n) is 6.84. The Bertz CT molecular complexity index is 794. The third-order valence-electron chi connectivity index (χ3n) is 3.54. The molecule has 1 aromatic carbocycles. The van der Waals surface area contributed by atoms with E-state index in [0.717, 1.165) is 35.5 Å². The minimum Gasteiger partial charge on any atom is -0.331 e. The molecule has 3 rings (SSSR count). The number of rotatable bonds is 4. The predicted octanol–water partition coefficient (Wildman–Crippen LogP) is 3.60. The van der Waals surface area contributed by atoms with Gasteiger partial charge < -0.3 is 9.55 Å². The second kappa shape index (κ2) is 5.25. The van der Waals surface area contributed by atoms with E-state index in [0.29, 0.717) is 0 Å². The molecule has 0 bridgehead atoms. The van der Waals surface area contributed by atoms with Crippen molar-refractivity contribution in [1.29, 1.82) is 0 Å². The molecule has 0 amide bonds. The summed E-state index contributed by atoms with van der Waals surface area (Å²) < 4.78 is 5.02. The molecule has 0 aliphatic carbocycles. The standard InChI is InChI=1S/C15H18N4S/c1-11-10-12(2)19(17-11)9-5-8-18-14-7-4-3-6-13(14)16-15(18)20/h3-4,6-7,10H,5,8-9H2,1-2H3,(H,16,20). The number of benzene rings is 1. The Morgan fingerprint density at radius 2 is 2.00 bits per heavy atom. The van der Waals surface area contributed by atoms with Crippen LogP contribution in [0, 0.1) is 18.6 Å². The molecule has 2 heterocycles. The molecule has 104 valence electrons. The first-order valence-corrected chi connectivity index (χ1v) is 7.24. The zero-order chi connectivity index (χ0) is 14.1. The Morgan fingerprint density at radius 1 is 1.20 bits per heavy atom. The molecule has 0 atom stereocenters. The largest absolute Gasteiger partial charge is 0.331 e. The van der Waals surface area contributed by atoms with E-state index in [1.807, 2.05) is 19.1 Å². The van der Waals surface area contributed by atoms with Crippen LogP contribution in [0.1, 0.15) is 17.8 Å². The summed E-state index contributed by atoms with van der Waals surface area (Å²) in [5.74, 6) is 0. The fourth-order valence-corrected chi connectivity index (χ4v) is 2.91. The average Bonchev–Trinajstić information content (AvgIpc) is 2.90. The Kier molecular flexibility index (Phi) is 3.44. The first-order chi connectivity index (χ1) is 9.65. The smallest absolute Gasteiger partial charge is 0.178 e. The van der Waals surface area contributed by atoms with Crippen LogP contribution in [0.4, 0.5) is 0 Å². The highest BCUT2D eigenvalue weighted by molar-refractivity contribution is 7.71. The molecule has 0 unspecified atom stereocenters. The van der Waals surface area contributed by atoms with Crippen molar-refractivity contribution in [3.05, 3.63) is 46.5 Å². The number of nitrogens with zero attached hydrogens (tertiary/aromatic N) is 3. The minimum atomic E-state index is 0.791. The van der Waals surface area contributed by atoms with E-state index >= 15 is 0 Å². The number of fused-ring (bicyclic) bond motifs is 1. The molecular formula is C15H18N4S. The van der Waals surface area contributed by atoms with Crippen LogP contribution < -0.4 is 0 Å². The lowest BCUT2D eigenvalue weighted by Crippen LogP contribution is -2.06. The molecule has 1 N–H and O–H groups in total. The number of imidazole rings is 1. The van der Waals surface area contributed by atoms with Crippen LogP contribution in [0.5, 0.6) is 0 Å². The van der Waals surface area contributed by atoms with Crippen LogP contribution in [-0.2, 0) is 13.1 Å². The Hall–Kier alpha value is -1.88. The predicted molar refractivity (Wildman–Crippen MR) is 83.4 cm³/mol. The molecule has 0 fully saturated rings. The Labute approximate surface area is 123 Å². The molecule has 5 heteroatoms. The van der Waals surface area contributed by atoms with Gasteiger partial charge in [0.15, 0.2) is 4.77 Å². The molecule has 0 saturated carbocycles. The number of H-pyrrole nitrogens is 1. The van der Waals surface area contributed by atoms with Gasteiger partial charge in [0.05, 0.1) is 16.7 Å². The van der Waals surface area contributed by atoms with Gasteiger partial charge in [-0.15, -0.1) is 0 Å². The summed E-state index contributed by atoms with van der Waals surface area (Å²) in [6.07, 6.45) is 1.01. The summed E-state index contributed by atoms with van der Waals surface area (Å²) in [5, 5.41) is 4.49. The van der Waals surface area contributed by atoms with Crippen molar-refractivity contribution in [1.82, 2.24) is 19.3 Å². The molecule has 0 aliphatic heterocycles. The van der Waals surface area contributed by atoms with E-state index in [1.165, 1.54) is 11.2 Å². The van der Waals surface area contributed by atoms with Gasteiger partial charge in [-0.05, 0) is 50.7 Å². The normalized spacial score (nSPS) is 11.3. The third-order valence-corrected chi connectivity index (χ3v) is 3.86. The third kappa shape index (κ3) is 2.41. The summed E-state index contributed by atoms with van der Waals surface area (Å²) >= 11 is 5.40. The maximum absolute atomic E-state index is 5.40. The molecule has 2 aromatic heterocycles. The van der Waals surface area contributed by atoms with Gasteiger partial charge in [-0.3, -0.25) is 4.68 Å². The van der Waals surface area contributed by atoms with Gasteiger partial charge in [-0.25, -0.2) is 0 Å². The number of aromatic nitrogens is 4. The lowest BCUT2D eigenvalue weighted by Gasteiger charge is -2.06. The quantitative estimate of drug-likeness (QED) is 0.744. The van der Waals surface area contributed by atoms with Crippen LogP contribution in [0.25, 0.3) is 11.0 Å². The number of para-hydroxylation sites is 2. The van der Waals surface area contributed by atoms with Crippen molar-refractivity contribution in [2.45, 2.75) is 33.4 Å². The Morgan fingerprint density at radius 3 is 2.75 bits per heavy atom. The molecular weight excluding hydrogens is 268 g/mol. The number of aromatic amines is 1. The summed E-state index contributed by atoms with van der Waals surface area (Å²) in [6, 6.07) is 10.3. The fourth-order valence-electron chi connectivity index (χ4n) is 2.61. The number of nitrogens with one attached hydrogen (secondary N) is 1. The van der Waals surface area contributed by atoms with Gasteiger partial charge in [0, 0.05) is 18.8 Å². The van der Waals surface area contributed by atoms with Crippen molar-refractivity contribution in [3.63, 3.8) is 0 Å². The van der Waals surface area contributed by atoms with Crippen molar-refractivity contribution < 1.29 is 0 Å². The van der Waals surface area contributed by atoms with Gasteiger partial charge in [0.2, 0.25) is 0 Å². The van der Waals surface area contributed by atoms with E-state index in [4.69, 9.17) is 12.2 Å². The zero-order valence-electron chi connectivity index (χ0n) is 11.8. The highest BCUT2D eigenvalue weighted by Crippen LogP contribution is 2.14. The van der Waals surface area contributed by atoms with Gasteiger partial charge in [-0.1, -0.05) is 12.1 Å². The summed E-state index contributed by atoms with van der Waals surface area (Å²) in [5.41, 5.74) is 4.56. The molecule has 4 nitrogen and oxygen atoms in total. The monoisotopic (exact) mass is 286 g/mol. The van der Waals surface area contributed by atoms with Crippen molar-refractivity contribution in [3.8, 4) is 0 Å². The van der Waals surface area contributed by atoms with E-state index in [1.54, 1.807) is 0 Å². The SMILES string of the molecule is Cc1cc(C)n(CCCn2c(=S)[nH]c3ccccc32)n1. The van der Waals surface area contributed by atoms with Gasteiger partial charge in [0.1, 0.15) is 0 Å². The lowest BCUT2D eigenvalue weighted by molar-refractivity contribution is 0.519. The number of hydrogen-bond acceptors (Lipinski definition) is 2. The molecule has 0 saturated heterocycles. The van der Waals surface area contributed by atoms with Crippen LogP contribution >= 0.6 is 12.2 Å². The van der Waals surface area contributed by atoms with Crippen LogP contribution in [0.2, 0.25) is 0 Å². The highest BCUT2D eigenvalue weighted by Gasteiger charge is 2.04. The lowest BCUT2D eigenvalue weighted by atomic mass is 10.3. The van der Waals surface area contributed by atoms with Crippen molar-refractivity contribution in [2.24, 2.45) is 0 Å². The van der Waals surface area contributed by atoms with Gasteiger partial charge in [-0.2, -0.15) is 5.10 Å². The summed E-state index contributed by atoms with van der Waals surface area (Å²) in [6.45, 7) is 5.94. The van der Waals surface area contributed by atoms with E-state index in [2.05, 4.69) is 44.5 Å². The molecule has 0 radical (unpaired) electrons. The first kappa shape index (κ1) is 13.1. The second-order valence-electron chi connectivity index (χ2n) is 5.10. The van der Waals surface area contributed by atoms with E-state index in [9.17, 15) is 0 Å². The van der Waals surface area contributed by atoms with Gasteiger partial charge in [0.25, 0.3) is 0 Å². The second-order valence-corrected chi connectivity index (χ2v) is 5.49. The number of aryl methyl sites for hydroxylation is 4. The van der Waals surface area contributed by atoms with Crippen molar-refractivity contribution >= 4 is 23.3 Å². The summed E-state index contributed by atoms with van der Waals surface area (Å²) in [7, 11) is 0. The number of hydrogen-bond donors (Lipinski definition) is 1. The zero-order valence-corrected chi connectivity index (χ0v) is 12.6. The molecule has 0 spiro atoms. The molecule has 3 aromatic rings. The van der Waals surface area contributed by atoms with Gasteiger partial charge >= 0.3 is 0 Å². The van der Waals surface area contributed by atoms with E-state index < -0.39 is 0 Å². The van der Waals surface area contributed by atoms with E-state index in [-0.39, 0.29) is 0 Å². The molecule has 20 heavy (non-hydrogen) atoms.